The van der Waals surface area contributed by atoms with Gasteiger partial charge in [-0.1, -0.05) is 11.6 Å². The van der Waals surface area contributed by atoms with Crippen LogP contribution in [0, 0.1) is 0 Å². The average Bonchev–Trinajstić information content (AvgIpc) is 3.27. The molecule has 2 aromatic heterocycles. The zero-order valence-electron chi connectivity index (χ0n) is 13.7. The average molecular weight is 377 g/mol. The quantitative estimate of drug-likeness (QED) is 0.762. The number of amides is 1. The van der Waals surface area contributed by atoms with Gasteiger partial charge in [0, 0.05) is 35.3 Å². The van der Waals surface area contributed by atoms with Gasteiger partial charge in [0.25, 0.3) is 11.5 Å². The number of aryl methyl sites for hydroxylation is 1. The number of carbonyl (C=O) groups excluding carboxylic acids is 1. The lowest BCUT2D eigenvalue weighted by molar-refractivity contribution is 0.0861. The molecule has 3 aromatic rings. The first-order valence-electron chi connectivity index (χ1n) is 8.16. The van der Waals surface area contributed by atoms with Crippen LogP contribution in [0.5, 0.6) is 0 Å². The number of rotatable bonds is 3. The summed E-state index contributed by atoms with van der Waals surface area (Å²) in [6.45, 7) is 1.26. The largest absolute Gasteiger partial charge is 0.376 e. The van der Waals surface area contributed by atoms with E-state index in [2.05, 4.69) is 5.32 Å². The maximum atomic E-state index is 12.6. The fourth-order valence-corrected chi connectivity index (χ4v) is 4.49. The van der Waals surface area contributed by atoms with Gasteiger partial charge < -0.3 is 14.6 Å². The van der Waals surface area contributed by atoms with Crippen LogP contribution < -0.4 is 10.9 Å². The van der Waals surface area contributed by atoms with E-state index in [9.17, 15) is 9.59 Å². The molecular weight excluding hydrogens is 360 g/mol. The number of carbonyl (C=O) groups is 1. The Morgan fingerprint density at radius 2 is 2.24 bits per heavy atom. The van der Waals surface area contributed by atoms with Crippen molar-refractivity contribution in [2.75, 3.05) is 13.2 Å². The van der Waals surface area contributed by atoms with E-state index in [1.165, 1.54) is 11.3 Å². The zero-order chi connectivity index (χ0) is 17.6. The van der Waals surface area contributed by atoms with E-state index in [1.54, 1.807) is 29.8 Å². The number of halogens is 1. The highest BCUT2D eigenvalue weighted by atomic mass is 35.5. The van der Waals surface area contributed by atoms with Gasteiger partial charge in [0.1, 0.15) is 0 Å². The van der Waals surface area contributed by atoms with Gasteiger partial charge in [0.05, 0.1) is 21.9 Å². The Labute approximate surface area is 153 Å². The van der Waals surface area contributed by atoms with Crippen molar-refractivity contribution in [1.82, 2.24) is 9.88 Å². The third kappa shape index (κ3) is 2.94. The van der Waals surface area contributed by atoms with Gasteiger partial charge in [-0.2, -0.15) is 0 Å². The maximum absolute atomic E-state index is 12.6. The number of fused-ring (bicyclic) bond motifs is 3. The number of aromatic nitrogens is 1. The molecular formula is C18H17ClN2O3S. The van der Waals surface area contributed by atoms with Crippen LogP contribution in [0.4, 0.5) is 0 Å². The van der Waals surface area contributed by atoms with Crippen molar-refractivity contribution in [2.24, 2.45) is 7.05 Å². The summed E-state index contributed by atoms with van der Waals surface area (Å²) in [5.41, 5.74) is 0.636. The molecule has 1 aromatic carbocycles. The van der Waals surface area contributed by atoms with Crippen molar-refractivity contribution < 1.29 is 9.53 Å². The van der Waals surface area contributed by atoms with E-state index >= 15 is 0 Å². The van der Waals surface area contributed by atoms with E-state index in [4.69, 9.17) is 16.3 Å². The lowest BCUT2D eigenvalue weighted by Gasteiger charge is -2.09. The van der Waals surface area contributed by atoms with Crippen LogP contribution in [0.2, 0.25) is 5.02 Å². The Hall–Kier alpha value is -1.89. The number of benzene rings is 1. The Morgan fingerprint density at radius 3 is 3.00 bits per heavy atom. The van der Waals surface area contributed by atoms with Crippen molar-refractivity contribution in [3.05, 3.63) is 44.5 Å². The first-order chi connectivity index (χ1) is 12.0. The molecule has 3 heterocycles. The molecule has 130 valence electrons. The standard InChI is InChI=1S/C18H17ClN2O3S/c1-21-14-7-10(19)4-5-12(14)16-13(18(21)23)8-15(25-16)17(22)20-9-11-3-2-6-24-11/h4-5,7-8,11H,2-3,6,9H2,1H3,(H,20,22)/t11-/m1/s1. The third-order valence-electron chi connectivity index (χ3n) is 4.57. The summed E-state index contributed by atoms with van der Waals surface area (Å²) in [5, 5.41) is 4.97. The van der Waals surface area contributed by atoms with Crippen LogP contribution >= 0.6 is 22.9 Å². The number of ether oxygens (including phenoxy) is 1. The second-order valence-electron chi connectivity index (χ2n) is 6.22. The molecule has 0 spiro atoms. The van der Waals surface area contributed by atoms with Gasteiger partial charge in [-0.15, -0.1) is 11.3 Å². The maximum Gasteiger partial charge on any atom is 0.261 e. The Kier molecular flexibility index (Phi) is 4.27. The molecule has 1 aliphatic heterocycles. The predicted molar refractivity (Wildman–Crippen MR) is 101 cm³/mol. The fourth-order valence-electron chi connectivity index (χ4n) is 3.23. The van der Waals surface area contributed by atoms with Crippen molar-refractivity contribution in [1.29, 1.82) is 0 Å². The predicted octanol–water partition coefficient (Wildman–Crippen LogP) is 3.32. The van der Waals surface area contributed by atoms with E-state index in [1.807, 2.05) is 6.07 Å². The molecule has 7 heteroatoms. The Bertz CT molecular complexity index is 1030. The van der Waals surface area contributed by atoms with Crippen LogP contribution in [0.3, 0.4) is 0 Å². The van der Waals surface area contributed by atoms with E-state index < -0.39 is 0 Å². The smallest absolute Gasteiger partial charge is 0.261 e. The summed E-state index contributed by atoms with van der Waals surface area (Å²) >= 11 is 7.40. The van der Waals surface area contributed by atoms with E-state index in [0.717, 1.165) is 35.1 Å². The summed E-state index contributed by atoms with van der Waals surface area (Å²) in [5.74, 6) is -0.166. The first-order valence-corrected chi connectivity index (χ1v) is 9.35. The summed E-state index contributed by atoms with van der Waals surface area (Å²) in [6.07, 6.45) is 2.10. The summed E-state index contributed by atoms with van der Waals surface area (Å²) < 4.78 is 7.92. The summed E-state index contributed by atoms with van der Waals surface area (Å²) in [7, 11) is 1.72. The molecule has 1 aliphatic rings. The SMILES string of the molecule is Cn1c(=O)c2cc(C(=O)NC[C@H]3CCCO3)sc2c2ccc(Cl)cc21. The molecule has 1 amide bonds. The van der Waals surface area contributed by atoms with E-state index in [-0.39, 0.29) is 17.6 Å². The first kappa shape index (κ1) is 16.6. The van der Waals surface area contributed by atoms with Gasteiger partial charge >= 0.3 is 0 Å². The highest BCUT2D eigenvalue weighted by molar-refractivity contribution is 7.21. The molecule has 1 fully saturated rings. The molecule has 0 saturated carbocycles. The molecule has 25 heavy (non-hydrogen) atoms. The van der Waals surface area contributed by atoms with Crippen molar-refractivity contribution >= 4 is 49.8 Å². The zero-order valence-corrected chi connectivity index (χ0v) is 15.2. The topological polar surface area (TPSA) is 60.3 Å². The van der Waals surface area contributed by atoms with Crippen LogP contribution in [-0.4, -0.2) is 29.7 Å². The van der Waals surface area contributed by atoms with Crippen LogP contribution in [0.25, 0.3) is 21.0 Å². The van der Waals surface area contributed by atoms with Crippen LogP contribution in [0.15, 0.2) is 29.1 Å². The van der Waals surface area contributed by atoms with Crippen molar-refractivity contribution in [2.45, 2.75) is 18.9 Å². The highest BCUT2D eigenvalue weighted by Gasteiger charge is 2.19. The normalized spacial score (nSPS) is 17.4. The molecule has 0 radical (unpaired) electrons. The van der Waals surface area contributed by atoms with Crippen molar-refractivity contribution in [3.63, 3.8) is 0 Å². The van der Waals surface area contributed by atoms with Gasteiger partial charge in [0.2, 0.25) is 0 Å². The summed E-state index contributed by atoms with van der Waals surface area (Å²) in [4.78, 5) is 25.6. The number of nitrogens with zero attached hydrogens (tertiary/aromatic N) is 1. The minimum atomic E-state index is -0.166. The third-order valence-corrected chi connectivity index (χ3v) is 5.97. The molecule has 1 N–H and O–H groups in total. The van der Waals surface area contributed by atoms with Crippen molar-refractivity contribution in [3.8, 4) is 0 Å². The fraction of sp³-hybridized carbons (Fsp3) is 0.333. The lowest BCUT2D eigenvalue weighted by atomic mass is 10.1. The monoisotopic (exact) mass is 376 g/mol. The molecule has 0 bridgehead atoms. The van der Waals surface area contributed by atoms with Gasteiger partial charge in [-0.3, -0.25) is 9.59 Å². The molecule has 0 unspecified atom stereocenters. The van der Waals surface area contributed by atoms with Gasteiger partial charge in [0.15, 0.2) is 0 Å². The molecule has 5 nitrogen and oxygen atoms in total. The summed E-state index contributed by atoms with van der Waals surface area (Å²) in [6, 6.07) is 7.14. The second kappa shape index (κ2) is 6.44. The van der Waals surface area contributed by atoms with Crippen LogP contribution in [-0.2, 0) is 11.8 Å². The Balaban J connectivity index is 1.74. The molecule has 4 rings (SSSR count). The van der Waals surface area contributed by atoms with Gasteiger partial charge in [-0.05, 0) is 37.1 Å². The van der Waals surface area contributed by atoms with Crippen LogP contribution in [0.1, 0.15) is 22.5 Å². The number of hydrogen-bond acceptors (Lipinski definition) is 4. The molecule has 1 saturated heterocycles. The van der Waals surface area contributed by atoms with E-state index in [0.29, 0.717) is 21.8 Å². The second-order valence-corrected chi connectivity index (χ2v) is 7.71. The number of nitrogens with one attached hydrogen (secondary N) is 1. The number of pyridine rings is 1. The number of hydrogen-bond donors (Lipinski definition) is 1. The highest BCUT2D eigenvalue weighted by Crippen LogP contribution is 2.31. The minimum absolute atomic E-state index is 0.0918. The lowest BCUT2D eigenvalue weighted by Crippen LogP contribution is -2.31. The molecule has 0 aliphatic carbocycles. The Morgan fingerprint density at radius 1 is 1.40 bits per heavy atom. The van der Waals surface area contributed by atoms with Gasteiger partial charge in [-0.25, -0.2) is 0 Å². The molecule has 1 atom stereocenters. The number of thiophene rings is 1. The minimum Gasteiger partial charge on any atom is -0.376 e.